The Morgan fingerprint density at radius 2 is 1.52 bits per heavy atom. The molecule has 3 rings (SSSR count). The van der Waals surface area contributed by atoms with Gasteiger partial charge in [0.25, 0.3) is 0 Å². The maximum absolute atomic E-state index is 6.28. The lowest BCUT2D eigenvalue weighted by atomic mass is 9.85. The van der Waals surface area contributed by atoms with Crippen LogP contribution in [0.15, 0.2) is 48.9 Å². The van der Waals surface area contributed by atoms with Crippen LogP contribution in [0.3, 0.4) is 0 Å². The number of hydrogen-bond acceptors (Lipinski definition) is 5. The Labute approximate surface area is 146 Å². The van der Waals surface area contributed by atoms with Gasteiger partial charge in [-0.25, -0.2) is 4.98 Å². The fourth-order valence-electron chi connectivity index (χ4n) is 2.97. The number of hydrogen-bond donors (Lipinski definition) is 3. The van der Waals surface area contributed by atoms with E-state index < -0.39 is 0 Å². The highest BCUT2D eigenvalue weighted by atomic mass is 16.5. The van der Waals surface area contributed by atoms with Crippen molar-refractivity contribution < 1.29 is 9.47 Å². The number of methoxy groups -OCH3 is 2. The second-order valence-corrected chi connectivity index (χ2v) is 5.82. The molecule has 25 heavy (non-hydrogen) atoms. The fourth-order valence-corrected chi connectivity index (χ4v) is 2.97. The molecule has 0 bridgehead atoms. The van der Waals surface area contributed by atoms with Gasteiger partial charge in [-0.15, -0.1) is 0 Å². The third-order valence-corrected chi connectivity index (χ3v) is 4.32. The number of nitrogen functional groups attached to an aromatic ring is 2. The molecule has 0 unspecified atom stereocenters. The summed E-state index contributed by atoms with van der Waals surface area (Å²) in [5.41, 5.74) is 16.8. The monoisotopic (exact) mass is 338 g/mol. The van der Waals surface area contributed by atoms with E-state index in [1.54, 1.807) is 26.7 Å². The number of ether oxygens (including phenoxy) is 2. The van der Waals surface area contributed by atoms with Gasteiger partial charge in [0.2, 0.25) is 0 Å². The van der Waals surface area contributed by atoms with Crippen molar-refractivity contribution in [3.05, 3.63) is 65.7 Å². The molecule has 0 aliphatic heterocycles. The molecule has 0 amide bonds. The van der Waals surface area contributed by atoms with Crippen molar-refractivity contribution in [2.45, 2.75) is 12.3 Å². The van der Waals surface area contributed by atoms with Crippen molar-refractivity contribution in [2.75, 3.05) is 25.7 Å². The standard InChI is InChI=1S/C19H22N4O2/c1-24-13-3-5-18(20)16(8-13)15(7-12-10-22-11-23-12)17-9-14(25-2)4-6-19(17)21/h3-6,8-11,15H,7,20-21H2,1-2H3,(H,22,23). The van der Waals surface area contributed by atoms with Gasteiger partial charge in [-0.2, -0.15) is 0 Å². The van der Waals surface area contributed by atoms with Crippen LogP contribution in [0.4, 0.5) is 11.4 Å². The first-order chi connectivity index (χ1) is 12.1. The maximum atomic E-state index is 6.28. The molecule has 6 nitrogen and oxygen atoms in total. The number of nitrogens with two attached hydrogens (primary N) is 2. The van der Waals surface area contributed by atoms with Crippen molar-refractivity contribution in [3.63, 3.8) is 0 Å². The Kier molecular flexibility index (Phi) is 4.79. The van der Waals surface area contributed by atoms with Gasteiger partial charge in [-0.3, -0.25) is 0 Å². The molecule has 6 heteroatoms. The first-order valence-electron chi connectivity index (χ1n) is 7.96. The van der Waals surface area contributed by atoms with Gasteiger partial charge in [0.1, 0.15) is 11.5 Å². The van der Waals surface area contributed by atoms with E-state index in [-0.39, 0.29) is 5.92 Å². The summed E-state index contributed by atoms with van der Waals surface area (Å²) in [5, 5.41) is 0. The van der Waals surface area contributed by atoms with Crippen LogP contribution in [0, 0.1) is 0 Å². The quantitative estimate of drug-likeness (QED) is 0.600. The second kappa shape index (κ2) is 7.17. The lowest BCUT2D eigenvalue weighted by molar-refractivity contribution is 0.413. The molecule has 130 valence electrons. The smallest absolute Gasteiger partial charge is 0.119 e. The third kappa shape index (κ3) is 3.52. The maximum Gasteiger partial charge on any atom is 0.119 e. The number of rotatable bonds is 6. The van der Waals surface area contributed by atoms with Gasteiger partial charge in [0.05, 0.1) is 20.5 Å². The third-order valence-electron chi connectivity index (χ3n) is 4.32. The Morgan fingerprint density at radius 1 is 0.960 bits per heavy atom. The summed E-state index contributed by atoms with van der Waals surface area (Å²) in [7, 11) is 3.28. The molecule has 0 radical (unpaired) electrons. The lowest BCUT2D eigenvalue weighted by Gasteiger charge is -2.22. The first kappa shape index (κ1) is 16.7. The van der Waals surface area contributed by atoms with Crippen molar-refractivity contribution in [3.8, 4) is 11.5 Å². The highest BCUT2D eigenvalue weighted by Gasteiger charge is 2.22. The van der Waals surface area contributed by atoms with Gasteiger partial charge in [-0.1, -0.05) is 0 Å². The zero-order valence-corrected chi connectivity index (χ0v) is 14.3. The van der Waals surface area contributed by atoms with E-state index in [1.807, 2.05) is 36.4 Å². The molecule has 2 aromatic carbocycles. The predicted molar refractivity (Wildman–Crippen MR) is 98.9 cm³/mol. The van der Waals surface area contributed by atoms with Crippen LogP contribution in [0.1, 0.15) is 22.7 Å². The fraction of sp³-hybridized carbons (Fsp3) is 0.211. The minimum Gasteiger partial charge on any atom is -0.497 e. The summed E-state index contributed by atoms with van der Waals surface area (Å²) in [5.74, 6) is 1.44. The Bertz CT molecular complexity index is 793. The SMILES string of the molecule is COc1ccc(N)c(C(Cc2cnc[nH]2)c2cc(OC)ccc2N)c1. The molecule has 0 aliphatic rings. The van der Waals surface area contributed by atoms with Gasteiger partial charge >= 0.3 is 0 Å². The largest absolute Gasteiger partial charge is 0.497 e. The zero-order chi connectivity index (χ0) is 17.8. The molecule has 0 atom stereocenters. The topological polar surface area (TPSA) is 99.2 Å². The van der Waals surface area contributed by atoms with Crippen LogP contribution in [-0.2, 0) is 6.42 Å². The summed E-state index contributed by atoms with van der Waals surface area (Å²) in [6, 6.07) is 11.3. The molecule has 0 aliphatic carbocycles. The molecular weight excluding hydrogens is 316 g/mol. The molecule has 1 heterocycles. The van der Waals surface area contributed by atoms with Gasteiger partial charge < -0.3 is 25.9 Å². The number of benzene rings is 2. The molecule has 0 fully saturated rings. The molecule has 1 aromatic heterocycles. The normalized spacial score (nSPS) is 10.8. The minimum absolute atomic E-state index is 0.0642. The lowest BCUT2D eigenvalue weighted by Crippen LogP contribution is -2.11. The number of nitrogens with one attached hydrogen (secondary N) is 1. The van der Waals surface area contributed by atoms with Crippen LogP contribution in [0.25, 0.3) is 0 Å². The van der Waals surface area contributed by atoms with Gasteiger partial charge in [-0.05, 0) is 47.5 Å². The summed E-state index contributed by atoms with van der Waals surface area (Å²) in [4.78, 5) is 7.26. The molecular formula is C19H22N4O2. The molecule has 5 N–H and O–H groups in total. The van der Waals surface area contributed by atoms with Gasteiger partial charge in [0.15, 0.2) is 0 Å². The summed E-state index contributed by atoms with van der Waals surface area (Å²) < 4.78 is 10.7. The summed E-state index contributed by atoms with van der Waals surface area (Å²) in [6.07, 6.45) is 4.14. The number of nitrogens with zero attached hydrogens (tertiary/aromatic N) is 1. The van der Waals surface area contributed by atoms with Crippen LogP contribution in [0.5, 0.6) is 11.5 Å². The average Bonchev–Trinajstić information content (AvgIpc) is 3.14. The van der Waals surface area contributed by atoms with Crippen LogP contribution in [0.2, 0.25) is 0 Å². The Balaban J connectivity index is 2.13. The number of aromatic nitrogens is 2. The Hall–Kier alpha value is -3.15. The van der Waals surface area contributed by atoms with E-state index in [0.717, 1.165) is 28.3 Å². The van der Waals surface area contributed by atoms with Crippen molar-refractivity contribution in [2.24, 2.45) is 0 Å². The minimum atomic E-state index is -0.0642. The molecule has 0 saturated heterocycles. The number of aromatic amines is 1. The predicted octanol–water partition coefficient (Wildman–Crippen LogP) is 2.97. The number of anilines is 2. The summed E-state index contributed by atoms with van der Waals surface area (Å²) >= 11 is 0. The van der Waals surface area contributed by atoms with Crippen molar-refractivity contribution >= 4 is 11.4 Å². The zero-order valence-electron chi connectivity index (χ0n) is 14.3. The van der Waals surface area contributed by atoms with Gasteiger partial charge in [0, 0.05) is 35.6 Å². The first-order valence-corrected chi connectivity index (χ1v) is 7.96. The van der Waals surface area contributed by atoms with Crippen LogP contribution >= 0.6 is 0 Å². The number of imidazole rings is 1. The van der Waals surface area contributed by atoms with E-state index in [2.05, 4.69) is 9.97 Å². The number of H-pyrrole nitrogens is 1. The second-order valence-electron chi connectivity index (χ2n) is 5.82. The van der Waals surface area contributed by atoms with Crippen LogP contribution in [-0.4, -0.2) is 24.2 Å². The highest BCUT2D eigenvalue weighted by Crippen LogP contribution is 2.38. The average molecular weight is 338 g/mol. The van der Waals surface area contributed by atoms with Crippen LogP contribution < -0.4 is 20.9 Å². The summed E-state index contributed by atoms with van der Waals surface area (Å²) in [6.45, 7) is 0. The molecule has 3 aromatic rings. The van der Waals surface area contributed by atoms with E-state index in [9.17, 15) is 0 Å². The van der Waals surface area contributed by atoms with E-state index in [4.69, 9.17) is 20.9 Å². The molecule has 0 spiro atoms. The van der Waals surface area contributed by atoms with Crippen molar-refractivity contribution in [1.29, 1.82) is 0 Å². The van der Waals surface area contributed by atoms with E-state index in [1.165, 1.54) is 0 Å². The molecule has 0 saturated carbocycles. The Morgan fingerprint density at radius 3 is 1.96 bits per heavy atom. The van der Waals surface area contributed by atoms with E-state index in [0.29, 0.717) is 17.8 Å². The highest BCUT2D eigenvalue weighted by molar-refractivity contribution is 5.61. The van der Waals surface area contributed by atoms with Crippen molar-refractivity contribution in [1.82, 2.24) is 9.97 Å². The van der Waals surface area contributed by atoms with E-state index >= 15 is 0 Å².